The standard InChI is InChI=1S/C20H29N5OS.HI/c1-4-21-20(24-11-19-25-17(13-27-19)14(2)3)23-10-16-7-8-22-18(9-16)26-12-15-5-6-15;/h7-9,13-15H,4-6,10-12H2,1-3H3,(H2,21,23,24);1H. The number of ether oxygens (including phenoxy) is 1. The first-order valence-electron chi connectivity index (χ1n) is 9.68. The van der Waals surface area contributed by atoms with Crippen LogP contribution in [0.3, 0.4) is 0 Å². The molecule has 3 rings (SSSR count). The van der Waals surface area contributed by atoms with E-state index in [0.717, 1.165) is 41.3 Å². The number of nitrogens with one attached hydrogen (secondary N) is 2. The highest BCUT2D eigenvalue weighted by molar-refractivity contribution is 14.0. The molecule has 0 atom stereocenters. The third-order valence-electron chi connectivity index (χ3n) is 4.30. The molecule has 0 bridgehead atoms. The van der Waals surface area contributed by atoms with Gasteiger partial charge >= 0.3 is 0 Å². The highest BCUT2D eigenvalue weighted by Gasteiger charge is 2.22. The zero-order valence-electron chi connectivity index (χ0n) is 16.8. The van der Waals surface area contributed by atoms with Crippen molar-refractivity contribution in [3.8, 4) is 5.88 Å². The van der Waals surface area contributed by atoms with E-state index in [9.17, 15) is 0 Å². The molecule has 1 aliphatic rings. The van der Waals surface area contributed by atoms with Crippen LogP contribution >= 0.6 is 35.3 Å². The van der Waals surface area contributed by atoms with E-state index >= 15 is 0 Å². The van der Waals surface area contributed by atoms with Crippen molar-refractivity contribution in [2.75, 3.05) is 13.2 Å². The summed E-state index contributed by atoms with van der Waals surface area (Å²) in [6, 6.07) is 3.96. The molecule has 0 unspecified atom stereocenters. The van der Waals surface area contributed by atoms with Gasteiger partial charge in [0, 0.05) is 24.2 Å². The quantitative estimate of drug-likeness (QED) is 0.296. The Labute approximate surface area is 188 Å². The van der Waals surface area contributed by atoms with Gasteiger partial charge in [-0.2, -0.15) is 0 Å². The SMILES string of the molecule is CCNC(=NCc1ccnc(OCC2CC2)c1)NCc1nc(C(C)C)cs1.I. The fraction of sp³-hybridized carbons (Fsp3) is 0.550. The molecule has 154 valence electrons. The molecular weight excluding hydrogens is 485 g/mol. The van der Waals surface area contributed by atoms with Crippen molar-refractivity contribution in [1.82, 2.24) is 20.6 Å². The molecule has 0 saturated heterocycles. The lowest BCUT2D eigenvalue weighted by Crippen LogP contribution is -2.36. The summed E-state index contributed by atoms with van der Waals surface area (Å²) in [6.07, 6.45) is 4.34. The molecule has 0 amide bonds. The van der Waals surface area contributed by atoms with Gasteiger partial charge in [0.2, 0.25) is 5.88 Å². The minimum absolute atomic E-state index is 0. The van der Waals surface area contributed by atoms with Crippen LogP contribution in [0, 0.1) is 5.92 Å². The number of halogens is 1. The van der Waals surface area contributed by atoms with Gasteiger partial charge in [-0.3, -0.25) is 0 Å². The first-order chi connectivity index (χ1) is 13.1. The van der Waals surface area contributed by atoms with E-state index in [-0.39, 0.29) is 24.0 Å². The van der Waals surface area contributed by atoms with Gasteiger partial charge in [0.05, 0.1) is 25.4 Å². The van der Waals surface area contributed by atoms with Crippen LogP contribution in [-0.4, -0.2) is 29.1 Å². The third kappa shape index (κ3) is 7.54. The van der Waals surface area contributed by atoms with Crippen molar-refractivity contribution in [3.63, 3.8) is 0 Å². The Morgan fingerprint density at radius 1 is 1.36 bits per heavy atom. The summed E-state index contributed by atoms with van der Waals surface area (Å²) in [6.45, 7) is 9.23. The third-order valence-corrected chi connectivity index (χ3v) is 5.16. The number of rotatable bonds is 9. The van der Waals surface area contributed by atoms with Crippen LogP contribution in [0.15, 0.2) is 28.7 Å². The topological polar surface area (TPSA) is 71.4 Å². The molecule has 8 heteroatoms. The molecule has 0 radical (unpaired) electrons. The Balaban J connectivity index is 0.00000280. The number of aliphatic imine (C=N–C) groups is 1. The van der Waals surface area contributed by atoms with Gasteiger partial charge in [-0.15, -0.1) is 35.3 Å². The Morgan fingerprint density at radius 3 is 2.86 bits per heavy atom. The van der Waals surface area contributed by atoms with Gasteiger partial charge in [0.15, 0.2) is 5.96 Å². The van der Waals surface area contributed by atoms with Crippen LogP contribution in [0.5, 0.6) is 5.88 Å². The van der Waals surface area contributed by atoms with Crippen molar-refractivity contribution in [2.24, 2.45) is 10.9 Å². The van der Waals surface area contributed by atoms with Crippen molar-refractivity contribution in [2.45, 2.75) is 52.6 Å². The van der Waals surface area contributed by atoms with E-state index in [2.05, 4.69) is 51.7 Å². The molecule has 2 aromatic rings. The number of thiazole rings is 1. The highest BCUT2D eigenvalue weighted by atomic mass is 127. The lowest BCUT2D eigenvalue weighted by molar-refractivity contribution is 0.288. The van der Waals surface area contributed by atoms with E-state index in [1.165, 1.54) is 12.8 Å². The molecule has 2 heterocycles. The fourth-order valence-electron chi connectivity index (χ4n) is 2.46. The maximum atomic E-state index is 5.75. The summed E-state index contributed by atoms with van der Waals surface area (Å²) < 4.78 is 5.75. The lowest BCUT2D eigenvalue weighted by atomic mass is 10.2. The van der Waals surface area contributed by atoms with Crippen molar-refractivity contribution in [1.29, 1.82) is 0 Å². The maximum Gasteiger partial charge on any atom is 0.213 e. The Kier molecular flexibility index (Phi) is 9.43. The van der Waals surface area contributed by atoms with Gasteiger partial charge in [-0.1, -0.05) is 13.8 Å². The van der Waals surface area contributed by atoms with Crippen LogP contribution < -0.4 is 15.4 Å². The largest absolute Gasteiger partial charge is 0.477 e. The minimum atomic E-state index is 0. The number of aromatic nitrogens is 2. The molecule has 0 spiro atoms. The number of nitrogens with zero attached hydrogens (tertiary/aromatic N) is 3. The number of hydrogen-bond donors (Lipinski definition) is 2. The second-order valence-corrected chi connectivity index (χ2v) is 8.07. The van der Waals surface area contributed by atoms with Gasteiger partial charge in [-0.05, 0) is 43.2 Å². The normalized spacial score (nSPS) is 13.9. The van der Waals surface area contributed by atoms with Crippen molar-refractivity contribution in [3.05, 3.63) is 40.0 Å². The van der Waals surface area contributed by atoms with Crippen LogP contribution in [0.4, 0.5) is 0 Å². The zero-order chi connectivity index (χ0) is 19.1. The van der Waals surface area contributed by atoms with Gasteiger partial charge in [0.1, 0.15) is 5.01 Å². The van der Waals surface area contributed by atoms with Crippen molar-refractivity contribution >= 4 is 41.3 Å². The molecule has 6 nitrogen and oxygen atoms in total. The summed E-state index contributed by atoms with van der Waals surface area (Å²) >= 11 is 1.69. The Bertz CT molecular complexity index is 761. The van der Waals surface area contributed by atoms with Crippen LogP contribution in [-0.2, 0) is 13.1 Å². The van der Waals surface area contributed by atoms with Crippen LogP contribution in [0.25, 0.3) is 0 Å². The first-order valence-corrected chi connectivity index (χ1v) is 10.6. The first kappa shape index (κ1) is 22.9. The van der Waals surface area contributed by atoms with E-state index in [1.807, 2.05) is 12.1 Å². The minimum Gasteiger partial charge on any atom is -0.477 e. The van der Waals surface area contributed by atoms with Gasteiger partial charge in [0.25, 0.3) is 0 Å². The zero-order valence-corrected chi connectivity index (χ0v) is 19.9. The summed E-state index contributed by atoms with van der Waals surface area (Å²) in [4.78, 5) is 13.6. The smallest absolute Gasteiger partial charge is 0.213 e. The fourth-order valence-corrected chi connectivity index (χ4v) is 3.35. The average Bonchev–Trinajstić information content (AvgIpc) is 3.37. The molecule has 28 heavy (non-hydrogen) atoms. The second-order valence-electron chi connectivity index (χ2n) is 7.13. The van der Waals surface area contributed by atoms with E-state index in [1.54, 1.807) is 17.5 Å². The summed E-state index contributed by atoms with van der Waals surface area (Å²) in [5.41, 5.74) is 2.23. The number of guanidine groups is 1. The van der Waals surface area contributed by atoms with E-state index in [0.29, 0.717) is 24.9 Å². The van der Waals surface area contributed by atoms with Crippen LogP contribution in [0.1, 0.15) is 55.8 Å². The summed E-state index contributed by atoms with van der Waals surface area (Å²) in [5, 5.41) is 9.85. The maximum absolute atomic E-state index is 5.75. The summed E-state index contributed by atoms with van der Waals surface area (Å²) in [5.74, 6) is 2.66. The van der Waals surface area contributed by atoms with Gasteiger partial charge in [-0.25, -0.2) is 15.0 Å². The Morgan fingerprint density at radius 2 is 2.18 bits per heavy atom. The molecule has 2 N–H and O–H groups in total. The van der Waals surface area contributed by atoms with E-state index < -0.39 is 0 Å². The number of pyridine rings is 1. The molecule has 0 aromatic carbocycles. The second kappa shape index (κ2) is 11.5. The molecule has 1 saturated carbocycles. The molecule has 1 aliphatic carbocycles. The van der Waals surface area contributed by atoms with Crippen LogP contribution in [0.2, 0.25) is 0 Å². The monoisotopic (exact) mass is 515 g/mol. The molecule has 1 fully saturated rings. The average molecular weight is 515 g/mol. The predicted octanol–water partition coefficient (Wildman–Crippen LogP) is 4.32. The molecule has 0 aliphatic heterocycles. The Hall–Kier alpha value is -1.42. The van der Waals surface area contributed by atoms with Gasteiger partial charge < -0.3 is 15.4 Å². The van der Waals surface area contributed by atoms with E-state index in [4.69, 9.17) is 4.74 Å². The predicted molar refractivity (Wildman–Crippen MR) is 126 cm³/mol. The van der Waals surface area contributed by atoms with Crippen molar-refractivity contribution < 1.29 is 4.74 Å². The summed E-state index contributed by atoms with van der Waals surface area (Å²) in [7, 11) is 0. The number of hydrogen-bond acceptors (Lipinski definition) is 5. The molecular formula is C20H30IN5OS. The molecule has 2 aromatic heterocycles. The lowest BCUT2D eigenvalue weighted by Gasteiger charge is -2.10. The highest BCUT2D eigenvalue weighted by Crippen LogP contribution is 2.29.